The summed E-state index contributed by atoms with van der Waals surface area (Å²) in [6, 6.07) is 22.1. The number of hydrogen-bond acceptors (Lipinski definition) is 6. The first kappa shape index (κ1) is 30.1. The van der Waals surface area contributed by atoms with E-state index in [9.17, 15) is 19.8 Å². The van der Waals surface area contributed by atoms with Crippen LogP contribution in [0.2, 0.25) is 5.02 Å². The van der Waals surface area contributed by atoms with Crippen LogP contribution >= 0.6 is 11.6 Å². The SMILES string of the molecule is CCC/C(=C\c1ccc(O)cc1Cl)CC[C@H]1OC[C@H]2C1=C(CO)C[C@H]1C(=O)N(c3ccc(Nc4ccccc4)cc3)C(=O)[C@H]12. The van der Waals surface area contributed by atoms with E-state index < -0.39 is 11.8 Å². The first-order valence-corrected chi connectivity index (χ1v) is 15.7. The van der Waals surface area contributed by atoms with E-state index in [2.05, 4.69) is 18.3 Å². The normalized spacial score (nSPS) is 23.2. The molecule has 0 saturated carbocycles. The van der Waals surface area contributed by atoms with Crippen LogP contribution in [0.5, 0.6) is 5.75 Å². The molecule has 0 spiro atoms. The molecular formula is C36H37ClN2O5. The van der Waals surface area contributed by atoms with Crippen LogP contribution in [-0.4, -0.2) is 41.3 Å². The molecule has 8 heteroatoms. The van der Waals surface area contributed by atoms with E-state index in [-0.39, 0.29) is 36.2 Å². The lowest BCUT2D eigenvalue weighted by atomic mass is 9.69. The van der Waals surface area contributed by atoms with Gasteiger partial charge in [-0.25, -0.2) is 0 Å². The van der Waals surface area contributed by atoms with Crippen molar-refractivity contribution in [2.75, 3.05) is 23.4 Å². The fourth-order valence-electron chi connectivity index (χ4n) is 7.02. The van der Waals surface area contributed by atoms with E-state index in [1.54, 1.807) is 18.2 Å². The molecule has 2 amide bonds. The molecule has 3 aliphatic rings. The van der Waals surface area contributed by atoms with Gasteiger partial charge in [0.2, 0.25) is 11.8 Å². The molecule has 3 aromatic rings. The molecule has 0 aromatic heterocycles. The van der Waals surface area contributed by atoms with Crippen LogP contribution in [0, 0.1) is 17.8 Å². The second-order valence-electron chi connectivity index (χ2n) is 11.8. The Morgan fingerprint density at radius 1 is 1.00 bits per heavy atom. The number of phenolic OH excluding ortho intramolecular Hbond substituents is 1. The minimum Gasteiger partial charge on any atom is -0.508 e. The topological polar surface area (TPSA) is 99.1 Å². The van der Waals surface area contributed by atoms with Gasteiger partial charge in [-0.05, 0) is 97.0 Å². The smallest absolute Gasteiger partial charge is 0.238 e. The zero-order valence-electron chi connectivity index (χ0n) is 24.7. The molecule has 228 valence electrons. The Balaban J connectivity index is 1.18. The van der Waals surface area contributed by atoms with Gasteiger partial charge >= 0.3 is 0 Å². The summed E-state index contributed by atoms with van der Waals surface area (Å²) in [7, 11) is 0. The third kappa shape index (κ3) is 5.92. The molecule has 0 unspecified atom stereocenters. The van der Waals surface area contributed by atoms with E-state index in [0.717, 1.165) is 47.3 Å². The average Bonchev–Trinajstić information content (AvgIpc) is 3.56. The van der Waals surface area contributed by atoms with Gasteiger partial charge in [0.25, 0.3) is 0 Å². The number of imide groups is 1. The van der Waals surface area contributed by atoms with E-state index >= 15 is 0 Å². The van der Waals surface area contributed by atoms with Gasteiger partial charge in [-0.2, -0.15) is 0 Å². The summed E-state index contributed by atoms with van der Waals surface area (Å²) in [5.74, 6) is -1.51. The van der Waals surface area contributed by atoms with Gasteiger partial charge < -0.3 is 20.3 Å². The van der Waals surface area contributed by atoms with Gasteiger partial charge in [0.15, 0.2) is 0 Å². The molecule has 7 nitrogen and oxygen atoms in total. The lowest BCUT2D eigenvalue weighted by Gasteiger charge is -2.31. The Bertz CT molecular complexity index is 1600. The maximum Gasteiger partial charge on any atom is 0.238 e. The molecule has 0 radical (unpaired) electrons. The standard InChI is InChI=1S/C36H37ClN2O5/c1-2-6-22(17-23-10-15-28(41)19-31(23)37)9-16-32-33-24(20-40)18-29-34(30(33)21-44-32)36(43)39(35(29)42)27-13-11-26(12-14-27)38-25-7-4-3-5-8-25/h3-5,7-8,10-15,17,19,29-30,32,34,38,40-41H,2,6,9,16,18,20-21H2,1H3/b22-17+/t29-,30+,32-,34-/m1/s1. The monoisotopic (exact) mass is 612 g/mol. The van der Waals surface area contributed by atoms with Crippen molar-refractivity contribution in [2.45, 2.75) is 45.1 Å². The Morgan fingerprint density at radius 2 is 1.75 bits per heavy atom. The lowest BCUT2D eigenvalue weighted by molar-refractivity contribution is -0.122. The lowest BCUT2D eigenvalue weighted by Crippen LogP contribution is -2.35. The molecule has 2 heterocycles. The van der Waals surface area contributed by atoms with Crippen molar-refractivity contribution in [3.05, 3.63) is 100 Å². The number of nitrogens with one attached hydrogen (secondary N) is 1. The summed E-state index contributed by atoms with van der Waals surface area (Å²) >= 11 is 6.37. The first-order chi connectivity index (χ1) is 21.4. The van der Waals surface area contributed by atoms with Crippen molar-refractivity contribution in [1.29, 1.82) is 0 Å². The third-order valence-electron chi connectivity index (χ3n) is 9.03. The summed E-state index contributed by atoms with van der Waals surface area (Å²) in [4.78, 5) is 28.9. The highest BCUT2D eigenvalue weighted by Gasteiger charge is 2.57. The minimum absolute atomic E-state index is 0.129. The number of fused-ring (bicyclic) bond motifs is 3. The maximum absolute atomic E-state index is 13.9. The van der Waals surface area contributed by atoms with Gasteiger partial charge in [0, 0.05) is 17.3 Å². The van der Waals surface area contributed by atoms with E-state index in [1.807, 2.05) is 48.5 Å². The second-order valence-corrected chi connectivity index (χ2v) is 12.2. The molecule has 2 fully saturated rings. The molecule has 2 aliphatic heterocycles. The molecule has 44 heavy (non-hydrogen) atoms. The van der Waals surface area contributed by atoms with Crippen molar-refractivity contribution < 1.29 is 24.5 Å². The van der Waals surface area contributed by atoms with Crippen molar-refractivity contribution in [3.63, 3.8) is 0 Å². The van der Waals surface area contributed by atoms with Gasteiger partial charge in [-0.3, -0.25) is 14.5 Å². The van der Waals surface area contributed by atoms with Gasteiger partial charge in [0.05, 0.1) is 41.9 Å². The van der Waals surface area contributed by atoms with Crippen LogP contribution < -0.4 is 10.2 Å². The third-order valence-corrected chi connectivity index (χ3v) is 9.36. The average molecular weight is 613 g/mol. The summed E-state index contributed by atoms with van der Waals surface area (Å²) in [6.45, 7) is 2.33. The van der Waals surface area contributed by atoms with Crippen LogP contribution in [-0.2, 0) is 14.3 Å². The van der Waals surface area contributed by atoms with E-state index in [1.165, 1.54) is 16.5 Å². The van der Waals surface area contributed by atoms with Gasteiger partial charge in [0.1, 0.15) is 5.75 Å². The fourth-order valence-corrected chi connectivity index (χ4v) is 7.24. The Morgan fingerprint density at radius 3 is 2.45 bits per heavy atom. The molecule has 0 bridgehead atoms. The quantitative estimate of drug-likeness (QED) is 0.165. The van der Waals surface area contributed by atoms with Crippen LogP contribution in [0.25, 0.3) is 6.08 Å². The summed E-state index contributed by atoms with van der Waals surface area (Å²) in [5, 5.41) is 23.9. The molecule has 3 aromatic carbocycles. The molecule has 4 atom stereocenters. The maximum atomic E-state index is 13.9. The number of nitrogens with zero attached hydrogens (tertiary/aromatic N) is 1. The first-order valence-electron chi connectivity index (χ1n) is 15.3. The summed E-state index contributed by atoms with van der Waals surface area (Å²) < 4.78 is 6.31. The summed E-state index contributed by atoms with van der Waals surface area (Å²) in [5.41, 5.74) is 6.26. The molecule has 3 N–H and O–H groups in total. The van der Waals surface area contributed by atoms with Crippen molar-refractivity contribution in [2.24, 2.45) is 17.8 Å². The highest BCUT2D eigenvalue weighted by molar-refractivity contribution is 6.32. The molecule has 1 aliphatic carbocycles. The number of aliphatic hydroxyl groups is 1. The zero-order valence-corrected chi connectivity index (χ0v) is 25.5. The Kier molecular flexibility index (Phi) is 8.89. The highest BCUT2D eigenvalue weighted by atomic mass is 35.5. The predicted molar refractivity (Wildman–Crippen MR) is 173 cm³/mol. The number of carbonyl (C=O) groups excluding carboxylic acids is 2. The van der Waals surface area contributed by atoms with E-state index in [0.29, 0.717) is 30.2 Å². The number of anilines is 3. The number of para-hydroxylation sites is 1. The van der Waals surface area contributed by atoms with Gasteiger partial charge in [-0.15, -0.1) is 0 Å². The number of amides is 2. The zero-order chi connectivity index (χ0) is 30.8. The predicted octanol–water partition coefficient (Wildman–Crippen LogP) is 7.27. The second kappa shape index (κ2) is 13.0. The van der Waals surface area contributed by atoms with Gasteiger partial charge in [-0.1, -0.05) is 54.8 Å². The fraction of sp³-hybridized carbons (Fsp3) is 0.333. The molecule has 6 rings (SSSR count). The number of aliphatic hydroxyl groups excluding tert-OH is 1. The number of hydrogen-bond donors (Lipinski definition) is 3. The van der Waals surface area contributed by atoms with Crippen molar-refractivity contribution in [3.8, 4) is 5.75 Å². The van der Waals surface area contributed by atoms with Crippen molar-refractivity contribution in [1.82, 2.24) is 0 Å². The van der Waals surface area contributed by atoms with Crippen LogP contribution in [0.1, 0.15) is 44.6 Å². The summed E-state index contributed by atoms with van der Waals surface area (Å²) in [6.07, 6.45) is 5.55. The number of benzene rings is 3. The number of carbonyl (C=O) groups is 2. The van der Waals surface area contributed by atoms with Crippen molar-refractivity contribution >= 4 is 46.6 Å². The number of allylic oxidation sites excluding steroid dienone is 1. The molecular weight excluding hydrogens is 576 g/mol. The van der Waals surface area contributed by atoms with Crippen LogP contribution in [0.3, 0.4) is 0 Å². The Labute approximate surface area is 262 Å². The number of aromatic hydroxyl groups is 1. The Hall–Kier alpha value is -3.91. The van der Waals surface area contributed by atoms with Crippen LogP contribution in [0.15, 0.2) is 89.5 Å². The van der Waals surface area contributed by atoms with Crippen LogP contribution in [0.4, 0.5) is 17.1 Å². The minimum atomic E-state index is -0.505. The number of rotatable bonds is 10. The highest BCUT2D eigenvalue weighted by Crippen LogP contribution is 2.50. The number of phenols is 1. The molecule has 2 saturated heterocycles. The number of ether oxygens (including phenoxy) is 1. The largest absolute Gasteiger partial charge is 0.508 e. The van der Waals surface area contributed by atoms with E-state index in [4.69, 9.17) is 16.3 Å². The number of halogens is 1.